The third-order valence-corrected chi connectivity index (χ3v) is 5.07. The number of carbonyl (C=O) groups excluding carboxylic acids is 2. The molecule has 0 spiro atoms. The summed E-state index contributed by atoms with van der Waals surface area (Å²) < 4.78 is 5.31. The quantitative estimate of drug-likeness (QED) is 0.183. The van der Waals surface area contributed by atoms with Crippen molar-refractivity contribution >= 4 is 11.9 Å². The molecular weight excluding hydrogens is 338 g/mol. The molecule has 0 aliphatic carbocycles. The maximum absolute atomic E-state index is 11.6. The van der Waals surface area contributed by atoms with Gasteiger partial charge in [-0.15, -0.1) is 0 Å². The van der Waals surface area contributed by atoms with Gasteiger partial charge >= 0.3 is 5.97 Å². The number of unbranched alkanes of at least 4 members (excludes halogenated alkanes) is 15. The molecule has 0 aliphatic rings. The molecule has 0 fully saturated rings. The fourth-order valence-electron chi connectivity index (χ4n) is 3.30. The molecule has 1 amide bonds. The SMILES string of the molecule is CCCCCCCCC(=O)OCCCCCCCCCCCCCC(N)=O. The highest BCUT2D eigenvalue weighted by atomic mass is 16.5. The number of esters is 1. The highest BCUT2D eigenvalue weighted by Gasteiger charge is 2.02. The molecule has 0 radical (unpaired) electrons. The summed E-state index contributed by atoms with van der Waals surface area (Å²) in [4.78, 5) is 22.2. The molecule has 0 aromatic rings. The second-order valence-corrected chi connectivity index (χ2v) is 7.84. The van der Waals surface area contributed by atoms with Gasteiger partial charge in [0.15, 0.2) is 0 Å². The van der Waals surface area contributed by atoms with Gasteiger partial charge in [-0.1, -0.05) is 96.8 Å². The van der Waals surface area contributed by atoms with Crippen molar-refractivity contribution in [1.82, 2.24) is 0 Å². The largest absolute Gasteiger partial charge is 0.466 e. The third kappa shape index (κ3) is 22.9. The summed E-state index contributed by atoms with van der Waals surface area (Å²) >= 11 is 0. The van der Waals surface area contributed by atoms with Crippen LogP contribution in [0, 0.1) is 0 Å². The lowest BCUT2D eigenvalue weighted by atomic mass is 10.1. The smallest absolute Gasteiger partial charge is 0.305 e. The predicted molar refractivity (Wildman–Crippen MR) is 114 cm³/mol. The van der Waals surface area contributed by atoms with Gasteiger partial charge in [-0.25, -0.2) is 0 Å². The zero-order valence-corrected chi connectivity index (χ0v) is 17.9. The zero-order chi connectivity index (χ0) is 20.0. The summed E-state index contributed by atoms with van der Waals surface area (Å²) in [6.45, 7) is 2.82. The van der Waals surface area contributed by atoms with Crippen molar-refractivity contribution in [2.24, 2.45) is 5.73 Å². The molecule has 160 valence electrons. The van der Waals surface area contributed by atoms with Crippen molar-refractivity contribution in [2.75, 3.05) is 6.61 Å². The minimum absolute atomic E-state index is 0.0127. The molecule has 4 heteroatoms. The van der Waals surface area contributed by atoms with E-state index in [4.69, 9.17) is 10.5 Å². The van der Waals surface area contributed by atoms with Gasteiger partial charge in [0.1, 0.15) is 0 Å². The predicted octanol–water partition coefficient (Wildman–Crippen LogP) is 6.45. The van der Waals surface area contributed by atoms with E-state index >= 15 is 0 Å². The Morgan fingerprint density at radius 1 is 0.593 bits per heavy atom. The van der Waals surface area contributed by atoms with E-state index in [-0.39, 0.29) is 11.9 Å². The number of rotatable bonds is 21. The molecule has 27 heavy (non-hydrogen) atoms. The Bertz CT molecular complexity index is 345. The maximum atomic E-state index is 11.6. The van der Waals surface area contributed by atoms with Gasteiger partial charge in [-0.05, 0) is 19.3 Å². The van der Waals surface area contributed by atoms with Gasteiger partial charge in [0.25, 0.3) is 0 Å². The van der Waals surface area contributed by atoms with E-state index in [1.54, 1.807) is 0 Å². The fraction of sp³-hybridized carbons (Fsp3) is 0.913. The minimum Gasteiger partial charge on any atom is -0.466 e. The normalized spacial score (nSPS) is 10.9. The molecule has 0 aromatic heterocycles. The highest BCUT2D eigenvalue weighted by molar-refractivity contribution is 5.73. The van der Waals surface area contributed by atoms with E-state index in [9.17, 15) is 9.59 Å². The van der Waals surface area contributed by atoms with Crippen molar-refractivity contribution < 1.29 is 14.3 Å². The molecule has 0 heterocycles. The van der Waals surface area contributed by atoms with Crippen LogP contribution in [0.15, 0.2) is 0 Å². The number of hydrogen-bond donors (Lipinski definition) is 1. The Morgan fingerprint density at radius 3 is 1.48 bits per heavy atom. The second kappa shape index (κ2) is 21.2. The average Bonchev–Trinajstić information content (AvgIpc) is 2.64. The second-order valence-electron chi connectivity index (χ2n) is 7.84. The van der Waals surface area contributed by atoms with Crippen molar-refractivity contribution in [3.05, 3.63) is 0 Å². The summed E-state index contributed by atoms with van der Waals surface area (Å²) in [5, 5.41) is 0. The Balaban J connectivity index is 3.13. The number of ether oxygens (including phenoxy) is 1. The van der Waals surface area contributed by atoms with Crippen LogP contribution < -0.4 is 5.73 Å². The first kappa shape index (κ1) is 25.9. The number of nitrogens with two attached hydrogens (primary N) is 1. The van der Waals surface area contributed by atoms with Crippen LogP contribution in [0.3, 0.4) is 0 Å². The van der Waals surface area contributed by atoms with Gasteiger partial charge in [-0.2, -0.15) is 0 Å². The fourth-order valence-corrected chi connectivity index (χ4v) is 3.30. The molecule has 0 unspecified atom stereocenters. The summed E-state index contributed by atoms with van der Waals surface area (Å²) in [7, 11) is 0. The van der Waals surface area contributed by atoms with Crippen LogP contribution in [0.25, 0.3) is 0 Å². The van der Waals surface area contributed by atoms with Gasteiger partial charge in [0.05, 0.1) is 6.61 Å². The Hall–Kier alpha value is -1.06. The van der Waals surface area contributed by atoms with Crippen LogP contribution in [-0.4, -0.2) is 18.5 Å². The van der Waals surface area contributed by atoms with Gasteiger partial charge in [-0.3, -0.25) is 9.59 Å². The number of amides is 1. The number of carbonyl (C=O) groups is 2. The molecule has 0 bridgehead atoms. The Labute approximate surface area is 168 Å². The molecule has 0 atom stereocenters. The topological polar surface area (TPSA) is 69.4 Å². The molecular formula is C23H45NO3. The van der Waals surface area contributed by atoms with Crippen LogP contribution in [0.1, 0.15) is 129 Å². The van der Waals surface area contributed by atoms with Crippen LogP contribution in [0.2, 0.25) is 0 Å². The Kier molecular flexibility index (Phi) is 20.4. The Morgan fingerprint density at radius 2 is 1.00 bits per heavy atom. The van der Waals surface area contributed by atoms with Crippen molar-refractivity contribution in [3.63, 3.8) is 0 Å². The first-order chi connectivity index (χ1) is 13.2. The van der Waals surface area contributed by atoms with Gasteiger partial charge < -0.3 is 10.5 Å². The number of primary amides is 1. The molecule has 2 N–H and O–H groups in total. The first-order valence-corrected chi connectivity index (χ1v) is 11.6. The van der Waals surface area contributed by atoms with Crippen molar-refractivity contribution in [1.29, 1.82) is 0 Å². The summed E-state index contributed by atoms with van der Waals surface area (Å²) in [5.74, 6) is -0.191. The standard InChI is InChI=1S/C23H45NO3/c1-2-3-4-5-14-17-20-23(26)27-21-18-15-12-10-8-6-7-9-11-13-16-19-22(24)25/h2-21H2,1H3,(H2,24,25). The van der Waals surface area contributed by atoms with E-state index < -0.39 is 0 Å². The van der Waals surface area contributed by atoms with E-state index in [1.807, 2.05) is 0 Å². The van der Waals surface area contributed by atoms with Crippen molar-refractivity contribution in [2.45, 2.75) is 129 Å². The summed E-state index contributed by atoms with van der Waals surface area (Å²) in [6.07, 6.45) is 21.5. The summed E-state index contributed by atoms with van der Waals surface area (Å²) in [6, 6.07) is 0. The van der Waals surface area contributed by atoms with Crippen LogP contribution in [0.5, 0.6) is 0 Å². The lowest BCUT2D eigenvalue weighted by Gasteiger charge is -2.05. The van der Waals surface area contributed by atoms with E-state index in [1.165, 1.54) is 70.6 Å². The lowest BCUT2D eigenvalue weighted by molar-refractivity contribution is -0.143. The van der Waals surface area contributed by atoms with Crippen molar-refractivity contribution in [3.8, 4) is 0 Å². The monoisotopic (exact) mass is 383 g/mol. The van der Waals surface area contributed by atoms with Crippen LogP contribution in [-0.2, 0) is 14.3 Å². The molecule has 4 nitrogen and oxygen atoms in total. The minimum atomic E-state index is -0.178. The first-order valence-electron chi connectivity index (χ1n) is 11.6. The average molecular weight is 384 g/mol. The van der Waals surface area contributed by atoms with E-state index in [0.717, 1.165) is 38.5 Å². The summed E-state index contributed by atoms with van der Waals surface area (Å²) in [5.41, 5.74) is 5.12. The highest BCUT2D eigenvalue weighted by Crippen LogP contribution is 2.12. The molecule has 0 saturated carbocycles. The zero-order valence-electron chi connectivity index (χ0n) is 17.9. The third-order valence-electron chi connectivity index (χ3n) is 5.07. The van der Waals surface area contributed by atoms with Crippen LogP contribution >= 0.6 is 0 Å². The van der Waals surface area contributed by atoms with Gasteiger partial charge in [0, 0.05) is 12.8 Å². The van der Waals surface area contributed by atoms with Crippen LogP contribution in [0.4, 0.5) is 0 Å². The van der Waals surface area contributed by atoms with E-state index in [0.29, 0.717) is 19.4 Å². The maximum Gasteiger partial charge on any atom is 0.305 e. The lowest BCUT2D eigenvalue weighted by Crippen LogP contribution is -2.09. The molecule has 0 aliphatic heterocycles. The molecule has 0 saturated heterocycles. The molecule has 0 aromatic carbocycles. The van der Waals surface area contributed by atoms with E-state index in [2.05, 4.69) is 6.92 Å². The van der Waals surface area contributed by atoms with Gasteiger partial charge in [0.2, 0.25) is 5.91 Å². The molecule has 0 rings (SSSR count). The number of hydrogen-bond acceptors (Lipinski definition) is 3.